The zero-order valence-electron chi connectivity index (χ0n) is 12.0. The molecule has 0 amide bonds. The molecule has 3 rings (SSSR count). The van der Waals surface area contributed by atoms with Gasteiger partial charge in [-0.05, 0) is 0 Å². The van der Waals surface area contributed by atoms with Gasteiger partial charge in [0.15, 0.2) is 17.4 Å². The Bertz CT molecular complexity index is 801. The van der Waals surface area contributed by atoms with Crippen molar-refractivity contribution in [2.45, 2.75) is 31.5 Å². The van der Waals surface area contributed by atoms with E-state index in [-0.39, 0.29) is 23.7 Å². The monoisotopic (exact) mass is 325 g/mol. The van der Waals surface area contributed by atoms with Gasteiger partial charge >= 0.3 is 5.97 Å². The summed E-state index contributed by atoms with van der Waals surface area (Å²) in [6.07, 6.45) is -3.33. The molecule has 124 valence electrons. The predicted molar refractivity (Wildman–Crippen MR) is 75.1 cm³/mol. The Hall–Kier alpha value is -2.50. The molecule has 0 radical (unpaired) electrons. The maximum absolute atomic E-state index is 11.8. The summed E-state index contributed by atoms with van der Waals surface area (Å²) in [5.41, 5.74) is 5.10. The van der Waals surface area contributed by atoms with Crippen LogP contribution in [0.15, 0.2) is 11.1 Å². The number of aliphatic hydroxyl groups excluding tert-OH is 2. The molecule has 23 heavy (non-hydrogen) atoms. The first-order valence-electron chi connectivity index (χ1n) is 6.75. The number of fused-ring (bicyclic) bond motifs is 1. The number of hydrogen-bond donors (Lipinski definition) is 4. The van der Waals surface area contributed by atoms with E-state index in [0.717, 1.165) is 0 Å². The summed E-state index contributed by atoms with van der Waals surface area (Å²) in [6.45, 7) is 1.00. The summed E-state index contributed by atoms with van der Waals surface area (Å²) in [7, 11) is 0. The van der Waals surface area contributed by atoms with E-state index in [1.165, 1.54) is 17.8 Å². The van der Waals surface area contributed by atoms with Crippen molar-refractivity contribution in [3.63, 3.8) is 0 Å². The fourth-order valence-electron chi connectivity index (χ4n) is 2.43. The van der Waals surface area contributed by atoms with Gasteiger partial charge in [-0.1, -0.05) is 0 Å². The van der Waals surface area contributed by atoms with Crippen molar-refractivity contribution in [3.05, 3.63) is 16.7 Å². The Balaban J connectivity index is 1.93. The lowest BCUT2D eigenvalue weighted by Crippen LogP contribution is -2.34. The third kappa shape index (κ3) is 2.65. The maximum Gasteiger partial charge on any atom is 0.302 e. The Kier molecular flexibility index (Phi) is 3.75. The highest BCUT2D eigenvalue weighted by molar-refractivity contribution is 5.70. The molecule has 0 unspecified atom stereocenters. The van der Waals surface area contributed by atoms with E-state index >= 15 is 0 Å². The number of aliphatic hydroxyl groups is 2. The van der Waals surface area contributed by atoms with Crippen molar-refractivity contribution >= 4 is 23.1 Å². The lowest BCUT2D eigenvalue weighted by atomic mass is 10.1. The van der Waals surface area contributed by atoms with Crippen molar-refractivity contribution in [1.82, 2.24) is 19.5 Å². The molecular formula is C12H15N5O6. The molecule has 0 aliphatic carbocycles. The van der Waals surface area contributed by atoms with Crippen LogP contribution in [0, 0.1) is 0 Å². The summed E-state index contributed by atoms with van der Waals surface area (Å²) in [5, 5.41) is 20.2. The zero-order valence-corrected chi connectivity index (χ0v) is 12.0. The maximum atomic E-state index is 11.8. The van der Waals surface area contributed by atoms with Crippen LogP contribution in [0.3, 0.4) is 0 Å². The van der Waals surface area contributed by atoms with Gasteiger partial charge in [0, 0.05) is 6.92 Å². The van der Waals surface area contributed by atoms with Crippen LogP contribution < -0.4 is 11.3 Å². The standard InChI is InChI=1S/C12H15N5O6/c1-4(18)22-2-5-7(19)8(20)11(23-5)17-3-14-6-9(17)15-12(13)16-10(6)21/h3,5,7-8,11,19-20H,2H2,1H3,(H3,13,15,16,21)/t5-,7+,8-,11-/m0/s1. The molecule has 1 aliphatic rings. The van der Waals surface area contributed by atoms with Gasteiger partial charge in [0.2, 0.25) is 5.95 Å². The van der Waals surface area contributed by atoms with Crippen molar-refractivity contribution < 1.29 is 24.5 Å². The van der Waals surface area contributed by atoms with E-state index in [9.17, 15) is 19.8 Å². The summed E-state index contributed by atoms with van der Waals surface area (Å²) in [5.74, 6) is -0.651. The second-order valence-corrected chi connectivity index (χ2v) is 5.12. The van der Waals surface area contributed by atoms with Crippen LogP contribution in [0.4, 0.5) is 5.95 Å². The van der Waals surface area contributed by atoms with Crippen molar-refractivity contribution in [2.24, 2.45) is 0 Å². The van der Waals surface area contributed by atoms with Gasteiger partial charge in [-0.15, -0.1) is 0 Å². The molecule has 11 nitrogen and oxygen atoms in total. The topological polar surface area (TPSA) is 166 Å². The van der Waals surface area contributed by atoms with Crippen LogP contribution in [0.25, 0.3) is 11.2 Å². The SMILES string of the molecule is CC(=O)OC[C@@H]1O[C@H](n2cnc3c(=O)[nH]c(N)nc32)[C@@H](O)[C@@H]1O. The van der Waals surface area contributed by atoms with Gasteiger partial charge in [-0.3, -0.25) is 19.1 Å². The number of nitrogen functional groups attached to an aromatic ring is 1. The molecule has 11 heteroatoms. The lowest BCUT2D eigenvalue weighted by Gasteiger charge is -2.16. The van der Waals surface area contributed by atoms with Crippen LogP contribution in [-0.2, 0) is 14.3 Å². The predicted octanol–water partition coefficient (Wildman–Crippen LogP) is -2.12. The van der Waals surface area contributed by atoms with Crippen molar-refractivity contribution in [2.75, 3.05) is 12.3 Å². The summed E-state index contributed by atoms with van der Waals surface area (Å²) >= 11 is 0. The molecule has 1 saturated heterocycles. The van der Waals surface area contributed by atoms with Crippen molar-refractivity contribution in [3.8, 4) is 0 Å². The number of carbonyl (C=O) groups excluding carboxylic acids is 1. The number of imidazole rings is 1. The quantitative estimate of drug-likeness (QED) is 0.462. The van der Waals surface area contributed by atoms with Gasteiger partial charge in [0.1, 0.15) is 24.9 Å². The minimum Gasteiger partial charge on any atom is -0.463 e. The van der Waals surface area contributed by atoms with Gasteiger partial charge in [0.25, 0.3) is 5.56 Å². The summed E-state index contributed by atoms with van der Waals surface area (Å²) < 4.78 is 11.6. The smallest absolute Gasteiger partial charge is 0.302 e. The molecule has 0 aromatic carbocycles. The van der Waals surface area contributed by atoms with Gasteiger partial charge < -0.3 is 25.4 Å². The van der Waals surface area contributed by atoms with E-state index in [4.69, 9.17) is 15.2 Å². The van der Waals surface area contributed by atoms with Crippen LogP contribution in [0.2, 0.25) is 0 Å². The van der Waals surface area contributed by atoms with E-state index in [1.807, 2.05) is 0 Å². The first kappa shape index (κ1) is 15.4. The number of ether oxygens (including phenoxy) is 2. The first-order chi connectivity index (χ1) is 10.9. The molecule has 1 aliphatic heterocycles. The number of aromatic nitrogens is 4. The molecular weight excluding hydrogens is 310 g/mol. The number of esters is 1. The number of rotatable bonds is 3. The van der Waals surface area contributed by atoms with Gasteiger partial charge in [-0.25, -0.2) is 4.98 Å². The Morgan fingerprint density at radius 3 is 2.96 bits per heavy atom. The number of nitrogens with one attached hydrogen (secondary N) is 1. The minimum absolute atomic E-state index is 0.0212. The van der Waals surface area contributed by atoms with Crippen LogP contribution in [-0.4, -0.2) is 60.6 Å². The third-order valence-corrected chi connectivity index (χ3v) is 3.51. The highest BCUT2D eigenvalue weighted by atomic mass is 16.6. The fourth-order valence-corrected chi connectivity index (χ4v) is 2.43. The highest BCUT2D eigenvalue weighted by Gasteiger charge is 2.44. The van der Waals surface area contributed by atoms with Gasteiger partial charge in [-0.2, -0.15) is 4.98 Å². The number of carbonyl (C=O) groups is 1. The second-order valence-electron chi connectivity index (χ2n) is 5.12. The second kappa shape index (κ2) is 5.61. The lowest BCUT2D eigenvalue weighted by molar-refractivity contribution is -0.147. The Morgan fingerprint density at radius 2 is 2.26 bits per heavy atom. The fraction of sp³-hybridized carbons (Fsp3) is 0.500. The molecule has 2 aromatic rings. The van der Waals surface area contributed by atoms with E-state index in [1.54, 1.807) is 0 Å². The Labute approximate surface area is 128 Å². The third-order valence-electron chi connectivity index (χ3n) is 3.51. The van der Waals surface area contributed by atoms with Crippen LogP contribution in [0.1, 0.15) is 13.2 Å². The molecule has 4 atom stereocenters. The van der Waals surface area contributed by atoms with Crippen LogP contribution >= 0.6 is 0 Å². The molecule has 0 bridgehead atoms. The number of nitrogens with zero attached hydrogens (tertiary/aromatic N) is 3. The zero-order chi connectivity index (χ0) is 16.7. The average molecular weight is 325 g/mol. The number of H-pyrrole nitrogens is 1. The molecule has 2 aromatic heterocycles. The first-order valence-corrected chi connectivity index (χ1v) is 6.75. The minimum atomic E-state index is -1.32. The molecule has 3 heterocycles. The molecule has 0 spiro atoms. The van der Waals surface area contributed by atoms with Crippen molar-refractivity contribution in [1.29, 1.82) is 0 Å². The largest absolute Gasteiger partial charge is 0.463 e. The number of anilines is 1. The molecule has 0 saturated carbocycles. The number of aromatic amines is 1. The highest BCUT2D eigenvalue weighted by Crippen LogP contribution is 2.31. The van der Waals surface area contributed by atoms with E-state index in [2.05, 4.69) is 15.0 Å². The number of nitrogens with two attached hydrogens (primary N) is 1. The molecule has 5 N–H and O–H groups in total. The van der Waals surface area contributed by atoms with Gasteiger partial charge in [0.05, 0.1) is 6.33 Å². The molecule has 1 fully saturated rings. The normalized spacial score (nSPS) is 27.4. The summed E-state index contributed by atoms with van der Waals surface area (Å²) in [4.78, 5) is 32.8. The average Bonchev–Trinajstić information content (AvgIpc) is 3.00. The Morgan fingerprint density at radius 1 is 1.52 bits per heavy atom. The van der Waals surface area contributed by atoms with E-state index < -0.39 is 36.1 Å². The summed E-state index contributed by atoms with van der Waals surface area (Å²) in [6, 6.07) is 0. The number of hydrogen-bond acceptors (Lipinski definition) is 9. The van der Waals surface area contributed by atoms with E-state index in [0.29, 0.717) is 0 Å². The van der Waals surface area contributed by atoms with Crippen LogP contribution in [0.5, 0.6) is 0 Å².